The van der Waals surface area contributed by atoms with Gasteiger partial charge in [-0.05, 0) is 0 Å². The average Bonchev–Trinajstić information content (AvgIpc) is 2.30. The second-order valence-corrected chi connectivity index (χ2v) is 3.13. The lowest BCUT2D eigenvalue weighted by molar-refractivity contribution is 0.0729. The van der Waals surface area contributed by atoms with Gasteiger partial charge < -0.3 is 10.2 Å². The molecule has 0 radical (unpaired) electrons. The van der Waals surface area contributed by atoms with Crippen molar-refractivity contribution in [1.82, 2.24) is 20.2 Å². The maximum atomic E-state index is 11.8. The number of hydrogen-bond donors (Lipinski definition) is 1. The Hall–Kier alpha value is -1.49. The van der Waals surface area contributed by atoms with Gasteiger partial charge in [-0.1, -0.05) is 0 Å². The summed E-state index contributed by atoms with van der Waals surface area (Å²) in [5.41, 5.74) is 0.425. The molecule has 1 aromatic heterocycles. The van der Waals surface area contributed by atoms with Crippen molar-refractivity contribution in [3.8, 4) is 0 Å². The number of piperazine rings is 1. The van der Waals surface area contributed by atoms with Gasteiger partial charge in [0.15, 0.2) is 0 Å². The fraction of sp³-hybridized carbons (Fsp3) is 0.444. The van der Waals surface area contributed by atoms with Gasteiger partial charge in [-0.3, -0.25) is 9.78 Å². The van der Waals surface area contributed by atoms with E-state index in [-0.39, 0.29) is 5.91 Å². The van der Waals surface area contributed by atoms with Crippen LogP contribution in [-0.4, -0.2) is 47.0 Å². The third-order valence-corrected chi connectivity index (χ3v) is 2.19. The summed E-state index contributed by atoms with van der Waals surface area (Å²) < 4.78 is 0. The van der Waals surface area contributed by atoms with Crippen molar-refractivity contribution in [1.29, 1.82) is 0 Å². The summed E-state index contributed by atoms with van der Waals surface area (Å²) in [4.78, 5) is 21.4. The van der Waals surface area contributed by atoms with Crippen molar-refractivity contribution in [2.75, 3.05) is 26.2 Å². The van der Waals surface area contributed by atoms with Gasteiger partial charge in [-0.25, -0.2) is 4.98 Å². The number of carbonyl (C=O) groups is 1. The van der Waals surface area contributed by atoms with Gasteiger partial charge in [0.1, 0.15) is 5.69 Å². The van der Waals surface area contributed by atoms with E-state index < -0.39 is 0 Å². The van der Waals surface area contributed by atoms with Gasteiger partial charge in [-0.2, -0.15) is 0 Å². The molecule has 0 unspecified atom stereocenters. The number of nitrogens with one attached hydrogen (secondary N) is 1. The Kier molecular flexibility index (Phi) is 2.69. The van der Waals surface area contributed by atoms with E-state index in [0.717, 1.165) is 26.2 Å². The molecule has 1 fully saturated rings. The van der Waals surface area contributed by atoms with E-state index >= 15 is 0 Å². The molecule has 0 atom stereocenters. The number of carbonyl (C=O) groups excluding carboxylic acids is 1. The molecule has 1 amide bonds. The van der Waals surface area contributed by atoms with Gasteiger partial charge in [0, 0.05) is 38.6 Å². The lowest BCUT2D eigenvalue weighted by Gasteiger charge is -2.26. The van der Waals surface area contributed by atoms with E-state index in [9.17, 15) is 4.79 Å². The van der Waals surface area contributed by atoms with Crippen LogP contribution in [0.5, 0.6) is 0 Å². The zero-order chi connectivity index (χ0) is 9.80. The van der Waals surface area contributed by atoms with Crippen LogP contribution >= 0.6 is 0 Å². The Morgan fingerprint density at radius 1 is 1.36 bits per heavy atom. The lowest BCUT2D eigenvalue weighted by Crippen LogP contribution is -2.46. The van der Waals surface area contributed by atoms with E-state index in [1.165, 1.54) is 12.4 Å². The molecular formula is C9H12N4O. The number of aromatic nitrogens is 2. The second-order valence-electron chi connectivity index (χ2n) is 3.13. The molecule has 1 aromatic rings. The van der Waals surface area contributed by atoms with Crippen LogP contribution in [0.2, 0.25) is 0 Å². The summed E-state index contributed by atoms with van der Waals surface area (Å²) in [5.74, 6) is -0.0281. The van der Waals surface area contributed by atoms with Gasteiger partial charge in [-0.15, -0.1) is 0 Å². The summed E-state index contributed by atoms with van der Waals surface area (Å²) >= 11 is 0. The molecule has 0 aromatic carbocycles. The normalized spacial score (nSPS) is 16.7. The molecule has 0 saturated carbocycles. The quantitative estimate of drug-likeness (QED) is 0.653. The van der Waals surface area contributed by atoms with Crippen LogP contribution in [0.3, 0.4) is 0 Å². The van der Waals surface area contributed by atoms with Crippen LogP contribution in [0, 0.1) is 0 Å². The van der Waals surface area contributed by atoms with E-state index in [4.69, 9.17) is 0 Å². The first-order valence-corrected chi connectivity index (χ1v) is 4.64. The standard InChI is InChI=1S/C9H12N4O/c14-9(8-7-11-1-2-12-8)13-5-3-10-4-6-13/h1-2,7,10H,3-6H2. The largest absolute Gasteiger partial charge is 0.335 e. The summed E-state index contributed by atoms with van der Waals surface area (Å²) in [6.07, 6.45) is 4.61. The molecule has 14 heavy (non-hydrogen) atoms. The zero-order valence-electron chi connectivity index (χ0n) is 7.81. The SMILES string of the molecule is O=C(c1cnccn1)N1CCNCC1. The number of hydrogen-bond acceptors (Lipinski definition) is 4. The Balaban J connectivity index is 2.07. The third-order valence-electron chi connectivity index (χ3n) is 2.19. The van der Waals surface area contributed by atoms with Crippen molar-refractivity contribution in [3.63, 3.8) is 0 Å². The minimum Gasteiger partial charge on any atom is -0.335 e. The lowest BCUT2D eigenvalue weighted by atomic mass is 10.3. The average molecular weight is 192 g/mol. The van der Waals surface area contributed by atoms with E-state index in [0.29, 0.717) is 5.69 Å². The first kappa shape index (κ1) is 9.08. The first-order chi connectivity index (χ1) is 6.88. The van der Waals surface area contributed by atoms with Gasteiger partial charge in [0.2, 0.25) is 0 Å². The van der Waals surface area contributed by atoms with Crippen molar-refractivity contribution >= 4 is 5.91 Å². The molecule has 1 aliphatic heterocycles. The van der Waals surface area contributed by atoms with Crippen LogP contribution in [0.1, 0.15) is 10.5 Å². The Morgan fingerprint density at radius 2 is 2.14 bits per heavy atom. The second kappa shape index (κ2) is 4.15. The highest BCUT2D eigenvalue weighted by molar-refractivity contribution is 5.92. The van der Waals surface area contributed by atoms with Crippen LogP contribution in [0.25, 0.3) is 0 Å². The first-order valence-electron chi connectivity index (χ1n) is 4.64. The molecule has 0 aliphatic carbocycles. The molecule has 5 nitrogen and oxygen atoms in total. The highest BCUT2D eigenvalue weighted by Gasteiger charge is 2.18. The third kappa shape index (κ3) is 1.88. The van der Waals surface area contributed by atoms with Crippen molar-refractivity contribution < 1.29 is 4.79 Å². The number of nitrogens with zero attached hydrogens (tertiary/aromatic N) is 3. The topological polar surface area (TPSA) is 58.1 Å². The van der Waals surface area contributed by atoms with E-state index in [1.807, 2.05) is 0 Å². The molecular weight excluding hydrogens is 180 g/mol. The zero-order valence-corrected chi connectivity index (χ0v) is 7.81. The van der Waals surface area contributed by atoms with Gasteiger partial charge >= 0.3 is 0 Å². The van der Waals surface area contributed by atoms with Crippen molar-refractivity contribution in [2.24, 2.45) is 0 Å². The van der Waals surface area contributed by atoms with Crippen LogP contribution in [0.4, 0.5) is 0 Å². The predicted molar refractivity (Wildman–Crippen MR) is 50.8 cm³/mol. The van der Waals surface area contributed by atoms with Crippen LogP contribution in [0.15, 0.2) is 18.6 Å². The van der Waals surface area contributed by atoms with Crippen LogP contribution in [-0.2, 0) is 0 Å². The molecule has 74 valence electrons. The molecule has 1 saturated heterocycles. The van der Waals surface area contributed by atoms with Crippen molar-refractivity contribution in [2.45, 2.75) is 0 Å². The summed E-state index contributed by atoms with van der Waals surface area (Å²) in [6, 6.07) is 0. The monoisotopic (exact) mass is 192 g/mol. The molecule has 2 heterocycles. The molecule has 2 rings (SSSR count). The fourth-order valence-corrected chi connectivity index (χ4v) is 1.44. The Morgan fingerprint density at radius 3 is 2.79 bits per heavy atom. The highest BCUT2D eigenvalue weighted by atomic mass is 16.2. The van der Waals surface area contributed by atoms with Crippen LogP contribution < -0.4 is 5.32 Å². The Bertz CT molecular complexity index is 308. The predicted octanol–water partition coefficient (Wildman–Crippen LogP) is -0.478. The summed E-state index contributed by atoms with van der Waals surface area (Å²) in [7, 11) is 0. The number of rotatable bonds is 1. The summed E-state index contributed by atoms with van der Waals surface area (Å²) in [5, 5.41) is 3.19. The van der Waals surface area contributed by atoms with Gasteiger partial charge in [0.25, 0.3) is 5.91 Å². The number of amides is 1. The molecule has 5 heteroatoms. The minimum absolute atomic E-state index is 0.0281. The maximum absolute atomic E-state index is 11.8. The van der Waals surface area contributed by atoms with Gasteiger partial charge in [0.05, 0.1) is 6.20 Å². The van der Waals surface area contributed by atoms with E-state index in [1.54, 1.807) is 11.1 Å². The van der Waals surface area contributed by atoms with Crippen molar-refractivity contribution in [3.05, 3.63) is 24.3 Å². The maximum Gasteiger partial charge on any atom is 0.274 e. The van der Waals surface area contributed by atoms with E-state index in [2.05, 4.69) is 15.3 Å². The molecule has 1 aliphatic rings. The molecule has 0 spiro atoms. The summed E-state index contributed by atoms with van der Waals surface area (Å²) in [6.45, 7) is 3.20. The fourth-order valence-electron chi connectivity index (χ4n) is 1.44. The Labute approximate surface area is 82.2 Å². The smallest absolute Gasteiger partial charge is 0.274 e. The highest BCUT2D eigenvalue weighted by Crippen LogP contribution is 2.00. The molecule has 0 bridgehead atoms. The molecule has 1 N–H and O–H groups in total. The minimum atomic E-state index is -0.0281.